The lowest BCUT2D eigenvalue weighted by Crippen LogP contribution is -2.38. The van der Waals surface area contributed by atoms with E-state index in [-0.39, 0.29) is 24.0 Å². The highest BCUT2D eigenvalue weighted by Gasteiger charge is 2.12. The minimum atomic E-state index is 0. The number of halogens is 1. The molecule has 1 aliphatic carbocycles. The van der Waals surface area contributed by atoms with Crippen molar-refractivity contribution in [3.8, 4) is 5.88 Å². The van der Waals surface area contributed by atoms with E-state index in [0.29, 0.717) is 25.1 Å². The summed E-state index contributed by atoms with van der Waals surface area (Å²) in [4.78, 5) is 8.83. The molecule has 1 fully saturated rings. The lowest BCUT2D eigenvalue weighted by molar-refractivity contribution is 0.0277. The molecule has 2 N–H and O–H groups in total. The van der Waals surface area contributed by atoms with Crippen LogP contribution < -0.4 is 15.4 Å². The second-order valence-electron chi connectivity index (χ2n) is 6.54. The zero-order valence-electron chi connectivity index (χ0n) is 16.7. The van der Waals surface area contributed by atoms with Gasteiger partial charge >= 0.3 is 0 Å². The molecule has 0 bridgehead atoms. The summed E-state index contributed by atoms with van der Waals surface area (Å²) >= 11 is 0. The normalized spacial score (nSPS) is 15.1. The fourth-order valence-electron chi connectivity index (χ4n) is 3.05. The van der Waals surface area contributed by atoms with Gasteiger partial charge in [0.1, 0.15) is 0 Å². The first kappa shape index (κ1) is 23.9. The number of hydrogen-bond donors (Lipinski definition) is 2. The fourth-order valence-corrected chi connectivity index (χ4v) is 3.05. The lowest BCUT2D eigenvalue weighted by Gasteiger charge is -2.22. The Bertz CT molecular complexity index is 536. The van der Waals surface area contributed by atoms with Crippen molar-refractivity contribution in [1.29, 1.82) is 0 Å². The molecule has 2 rings (SSSR count). The largest absolute Gasteiger partial charge is 0.478 e. The van der Waals surface area contributed by atoms with Crippen molar-refractivity contribution in [3.63, 3.8) is 0 Å². The van der Waals surface area contributed by atoms with E-state index in [1.807, 2.05) is 19.1 Å². The Morgan fingerprint density at radius 2 is 2.04 bits per heavy atom. The predicted octanol–water partition coefficient (Wildman–Crippen LogP) is 3.89. The molecule has 0 atom stereocenters. The summed E-state index contributed by atoms with van der Waals surface area (Å²) in [7, 11) is 0. The zero-order chi connectivity index (χ0) is 18.5. The summed E-state index contributed by atoms with van der Waals surface area (Å²) in [6.45, 7) is 7.76. The van der Waals surface area contributed by atoms with E-state index in [1.165, 1.54) is 32.1 Å². The number of pyridine rings is 1. The molecule has 1 aliphatic rings. The van der Waals surface area contributed by atoms with Gasteiger partial charge in [0.25, 0.3) is 0 Å². The van der Waals surface area contributed by atoms with E-state index in [4.69, 9.17) is 9.47 Å². The van der Waals surface area contributed by atoms with Crippen molar-refractivity contribution in [2.75, 3.05) is 26.3 Å². The summed E-state index contributed by atoms with van der Waals surface area (Å²) in [5.41, 5.74) is 1.08. The zero-order valence-corrected chi connectivity index (χ0v) is 19.0. The molecule has 0 radical (unpaired) electrons. The predicted molar refractivity (Wildman–Crippen MR) is 121 cm³/mol. The van der Waals surface area contributed by atoms with Crippen molar-refractivity contribution in [2.45, 2.75) is 65.0 Å². The molecule has 1 aromatic rings. The second kappa shape index (κ2) is 14.9. The maximum atomic E-state index is 5.97. The van der Waals surface area contributed by atoms with Gasteiger partial charge in [0.15, 0.2) is 5.96 Å². The third-order valence-electron chi connectivity index (χ3n) is 4.37. The minimum absolute atomic E-state index is 0. The summed E-state index contributed by atoms with van der Waals surface area (Å²) in [5, 5.41) is 6.66. The molecule has 1 saturated carbocycles. The van der Waals surface area contributed by atoms with Crippen LogP contribution in [0, 0.1) is 0 Å². The standard InChI is InChI=1S/C20H34N4O2.HI/c1-3-21-20(23-12-8-14-26-18-9-6-5-7-10-18)24-16-17-11-13-22-19(15-17)25-4-2;/h11,13,15,18H,3-10,12,14,16H2,1-2H3,(H2,21,23,24);1H. The number of nitrogens with one attached hydrogen (secondary N) is 2. The molecule has 27 heavy (non-hydrogen) atoms. The van der Waals surface area contributed by atoms with Crippen LogP contribution in [0.15, 0.2) is 23.3 Å². The number of rotatable bonds is 10. The van der Waals surface area contributed by atoms with E-state index in [2.05, 4.69) is 27.5 Å². The van der Waals surface area contributed by atoms with Crippen LogP contribution in [0.25, 0.3) is 0 Å². The topological polar surface area (TPSA) is 67.8 Å². The van der Waals surface area contributed by atoms with Crippen LogP contribution in [0.1, 0.15) is 57.9 Å². The molecular weight excluding hydrogens is 455 g/mol. The van der Waals surface area contributed by atoms with Crippen LogP contribution in [0.4, 0.5) is 0 Å². The quantitative estimate of drug-likeness (QED) is 0.226. The summed E-state index contributed by atoms with van der Waals surface area (Å²) < 4.78 is 11.4. The van der Waals surface area contributed by atoms with Crippen LogP contribution in [0.5, 0.6) is 5.88 Å². The van der Waals surface area contributed by atoms with Gasteiger partial charge in [-0.1, -0.05) is 19.3 Å². The molecule has 7 heteroatoms. The Morgan fingerprint density at radius 1 is 1.22 bits per heavy atom. The first-order chi connectivity index (χ1) is 12.8. The van der Waals surface area contributed by atoms with Crippen LogP contribution >= 0.6 is 24.0 Å². The molecule has 0 unspecified atom stereocenters. The van der Waals surface area contributed by atoms with Crippen molar-refractivity contribution < 1.29 is 9.47 Å². The van der Waals surface area contributed by atoms with E-state index in [0.717, 1.165) is 37.6 Å². The molecule has 1 heterocycles. The number of guanidine groups is 1. The van der Waals surface area contributed by atoms with Crippen LogP contribution in [0.2, 0.25) is 0 Å². The van der Waals surface area contributed by atoms with Crippen LogP contribution in [0.3, 0.4) is 0 Å². The highest BCUT2D eigenvalue weighted by molar-refractivity contribution is 14.0. The number of ether oxygens (including phenoxy) is 2. The maximum absolute atomic E-state index is 5.97. The minimum Gasteiger partial charge on any atom is -0.478 e. The van der Waals surface area contributed by atoms with E-state index >= 15 is 0 Å². The van der Waals surface area contributed by atoms with Gasteiger partial charge in [-0.2, -0.15) is 0 Å². The Labute approximate surface area is 180 Å². The van der Waals surface area contributed by atoms with Crippen molar-refractivity contribution in [1.82, 2.24) is 15.6 Å². The highest BCUT2D eigenvalue weighted by Crippen LogP contribution is 2.20. The average Bonchev–Trinajstić information content (AvgIpc) is 2.67. The van der Waals surface area contributed by atoms with Gasteiger partial charge in [-0.25, -0.2) is 9.98 Å². The van der Waals surface area contributed by atoms with Gasteiger partial charge in [0.05, 0.1) is 19.3 Å². The van der Waals surface area contributed by atoms with Crippen molar-refractivity contribution in [2.24, 2.45) is 4.99 Å². The summed E-state index contributed by atoms with van der Waals surface area (Å²) in [6, 6.07) is 3.90. The van der Waals surface area contributed by atoms with Gasteiger partial charge < -0.3 is 20.1 Å². The maximum Gasteiger partial charge on any atom is 0.213 e. The Kier molecular flexibility index (Phi) is 13.2. The molecule has 0 amide bonds. The molecular formula is C20H35IN4O2. The van der Waals surface area contributed by atoms with Gasteiger partial charge in [0.2, 0.25) is 5.88 Å². The number of aromatic nitrogens is 1. The third kappa shape index (κ3) is 10.1. The van der Waals surface area contributed by atoms with E-state index < -0.39 is 0 Å². The number of aliphatic imine (C=N–C) groups is 1. The molecule has 1 aromatic heterocycles. The smallest absolute Gasteiger partial charge is 0.213 e. The molecule has 0 aliphatic heterocycles. The Morgan fingerprint density at radius 3 is 2.78 bits per heavy atom. The Hall–Kier alpha value is -1.09. The van der Waals surface area contributed by atoms with Crippen LogP contribution in [-0.2, 0) is 11.3 Å². The number of hydrogen-bond acceptors (Lipinski definition) is 4. The highest BCUT2D eigenvalue weighted by atomic mass is 127. The average molecular weight is 490 g/mol. The van der Waals surface area contributed by atoms with Gasteiger partial charge in [0, 0.05) is 32.0 Å². The molecule has 154 valence electrons. The van der Waals surface area contributed by atoms with Gasteiger partial charge in [-0.15, -0.1) is 24.0 Å². The summed E-state index contributed by atoms with van der Waals surface area (Å²) in [6.07, 6.45) is 9.70. The van der Waals surface area contributed by atoms with Gasteiger partial charge in [-0.3, -0.25) is 0 Å². The SMILES string of the molecule is CCNC(=NCc1ccnc(OCC)c1)NCCCOC1CCCCC1.I. The first-order valence-electron chi connectivity index (χ1n) is 10.0. The number of nitrogens with zero attached hydrogens (tertiary/aromatic N) is 2. The second-order valence-corrected chi connectivity index (χ2v) is 6.54. The van der Waals surface area contributed by atoms with Crippen molar-refractivity contribution >= 4 is 29.9 Å². The molecule has 6 nitrogen and oxygen atoms in total. The van der Waals surface area contributed by atoms with Gasteiger partial charge in [-0.05, 0) is 44.7 Å². The molecule has 0 spiro atoms. The fraction of sp³-hybridized carbons (Fsp3) is 0.700. The van der Waals surface area contributed by atoms with E-state index in [9.17, 15) is 0 Å². The summed E-state index contributed by atoms with van der Waals surface area (Å²) in [5.74, 6) is 1.48. The Balaban J connectivity index is 0.00000364. The van der Waals surface area contributed by atoms with Crippen LogP contribution in [-0.4, -0.2) is 43.4 Å². The lowest BCUT2D eigenvalue weighted by atomic mass is 9.98. The third-order valence-corrected chi connectivity index (χ3v) is 4.37. The van der Waals surface area contributed by atoms with Crippen molar-refractivity contribution in [3.05, 3.63) is 23.9 Å². The molecule has 0 saturated heterocycles. The van der Waals surface area contributed by atoms with E-state index in [1.54, 1.807) is 6.20 Å². The monoisotopic (exact) mass is 490 g/mol. The molecule has 0 aromatic carbocycles. The first-order valence-corrected chi connectivity index (χ1v) is 10.0.